The van der Waals surface area contributed by atoms with Gasteiger partial charge in [0.2, 0.25) is 5.60 Å². The van der Waals surface area contributed by atoms with Gasteiger partial charge < -0.3 is 13.7 Å². The van der Waals surface area contributed by atoms with Crippen molar-refractivity contribution in [2.45, 2.75) is 26.0 Å². The molecule has 1 atom stereocenters. The number of aromatic nitrogens is 3. The van der Waals surface area contributed by atoms with Crippen molar-refractivity contribution in [3.8, 4) is 11.3 Å². The van der Waals surface area contributed by atoms with Crippen molar-refractivity contribution in [1.82, 2.24) is 14.0 Å². The van der Waals surface area contributed by atoms with Gasteiger partial charge in [0.05, 0.1) is 17.0 Å². The number of carbonyl (C=O) groups excluding carboxylic acids is 1. The van der Waals surface area contributed by atoms with Crippen LogP contribution in [0.4, 0.5) is 0 Å². The predicted octanol–water partition coefficient (Wildman–Crippen LogP) is 6.75. The van der Waals surface area contributed by atoms with Gasteiger partial charge in [-0.1, -0.05) is 48.5 Å². The summed E-state index contributed by atoms with van der Waals surface area (Å²) in [6.45, 7) is 5.09. The second-order valence-electron chi connectivity index (χ2n) is 9.46. The van der Waals surface area contributed by atoms with Crippen LogP contribution in [0.2, 0.25) is 0 Å². The molecule has 1 aliphatic heterocycles. The first-order chi connectivity index (χ1) is 18.1. The molecule has 0 radical (unpaired) electrons. The molecule has 0 saturated heterocycles. The molecule has 0 bridgehead atoms. The maximum Gasteiger partial charge on any atom is 0.340 e. The highest BCUT2D eigenvalue weighted by Crippen LogP contribution is 2.53. The highest BCUT2D eigenvalue weighted by atomic mass is 16.6. The van der Waals surface area contributed by atoms with E-state index in [2.05, 4.69) is 59.2 Å². The summed E-state index contributed by atoms with van der Waals surface area (Å²) >= 11 is 0. The Bertz CT molecular complexity index is 1830. The molecule has 6 aromatic rings. The fourth-order valence-electron chi connectivity index (χ4n) is 6.18. The summed E-state index contributed by atoms with van der Waals surface area (Å²) < 4.78 is 11.1. The summed E-state index contributed by atoms with van der Waals surface area (Å²) in [5, 5.41) is 1.07. The van der Waals surface area contributed by atoms with E-state index in [0.717, 1.165) is 56.7 Å². The van der Waals surface area contributed by atoms with Crippen molar-refractivity contribution < 1.29 is 9.53 Å². The first kappa shape index (κ1) is 21.6. The minimum Gasteiger partial charge on any atom is -0.439 e. The number of esters is 1. The Hall–Kier alpha value is -4.64. The van der Waals surface area contributed by atoms with E-state index >= 15 is 0 Å². The average molecular weight is 484 g/mol. The summed E-state index contributed by atoms with van der Waals surface area (Å²) in [5.74, 6) is -0.318. The van der Waals surface area contributed by atoms with Gasteiger partial charge in [-0.25, -0.2) is 4.79 Å². The Labute approximate surface area is 214 Å². The Balaban J connectivity index is 1.72. The van der Waals surface area contributed by atoms with Crippen molar-refractivity contribution in [1.29, 1.82) is 0 Å². The van der Waals surface area contributed by atoms with Crippen LogP contribution in [-0.4, -0.2) is 19.9 Å². The molecule has 1 aliphatic rings. The molecule has 0 saturated carbocycles. The molecule has 0 fully saturated rings. The van der Waals surface area contributed by atoms with Gasteiger partial charge in [-0.2, -0.15) is 0 Å². The van der Waals surface area contributed by atoms with Crippen LogP contribution in [0.3, 0.4) is 0 Å². The lowest BCUT2D eigenvalue weighted by Gasteiger charge is -2.31. The zero-order valence-corrected chi connectivity index (χ0v) is 20.7. The van der Waals surface area contributed by atoms with E-state index < -0.39 is 5.60 Å². The molecule has 5 nitrogen and oxygen atoms in total. The van der Waals surface area contributed by atoms with E-state index in [1.807, 2.05) is 60.8 Å². The van der Waals surface area contributed by atoms with E-state index in [-0.39, 0.29) is 5.97 Å². The minimum atomic E-state index is -1.17. The molecule has 2 aromatic carbocycles. The van der Waals surface area contributed by atoms with Crippen LogP contribution in [0.15, 0.2) is 103 Å². The Morgan fingerprint density at radius 1 is 0.892 bits per heavy atom. The molecule has 7 rings (SSSR count). The highest BCUT2D eigenvalue weighted by Gasteiger charge is 2.53. The molecule has 180 valence electrons. The van der Waals surface area contributed by atoms with Gasteiger partial charge in [-0.3, -0.25) is 4.98 Å². The van der Waals surface area contributed by atoms with Crippen LogP contribution in [-0.2, 0) is 16.9 Å². The predicted molar refractivity (Wildman–Crippen MR) is 145 cm³/mol. The number of carbonyl (C=O) groups is 1. The van der Waals surface area contributed by atoms with Crippen molar-refractivity contribution in [3.63, 3.8) is 0 Å². The van der Waals surface area contributed by atoms with Crippen molar-refractivity contribution >= 4 is 22.4 Å². The summed E-state index contributed by atoms with van der Waals surface area (Å²) in [6, 6.07) is 30.3. The number of pyridine rings is 2. The fourth-order valence-corrected chi connectivity index (χ4v) is 6.18. The second kappa shape index (κ2) is 7.93. The standard InChI is InChI=1S/C32H25N3O2/c1-3-34-21(2)29(24-14-5-7-17-28(24)34)32(26-15-6-4-13-23(26)31(36)37-32)30-25(27-16-8-10-18-33-27)20-22-12-9-11-19-35(22)30/h4-20H,3H2,1-2H3. The van der Waals surface area contributed by atoms with Gasteiger partial charge >= 0.3 is 5.97 Å². The number of hydrogen-bond acceptors (Lipinski definition) is 3. The Morgan fingerprint density at radius 3 is 2.51 bits per heavy atom. The number of nitrogens with zero attached hydrogens (tertiary/aromatic N) is 3. The van der Waals surface area contributed by atoms with Gasteiger partial charge in [-0.15, -0.1) is 0 Å². The number of fused-ring (bicyclic) bond motifs is 3. The van der Waals surface area contributed by atoms with Crippen LogP contribution in [0.1, 0.15) is 39.8 Å². The van der Waals surface area contributed by atoms with Crippen LogP contribution in [0, 0.1) is 6.92 Å². The third kappa shape index (κ3) is 2.85. The molecule has 0 aliphatic carbocycles. The number of para-hydroxylation sites is 1. The molecule has 1 unspecified atom stereocenters. The van der Waals surface area contributed by atoms with Gasteiger partial charge in [0, 0.05) is 57.7 Å². The zero-order valence-electron chi connectivity index (χ0n) is 20.7. The summed E-state index contributed by atoms with van der Waals surface area (Å²) in [4.78, 5) is 18.3. The van der Waals surface area contributed by atoms with E-state index in [4.69, 9.17) is 9.72 Å². The molecule has 4 aromatic heterocycles. The van der Waals surface area contributed by atoms with E-state index in [9.17, 15) is 4.79 Å². The SMILES string of the molecule is CCn1c(C)c(C2(c3c(-c4ccccn4)cc4ccccn34)OC(=O)c3ccccc32)c2ccccc21. The molecule has 0 amide bonds. The Morgan fingerprint density at radius 2 is 1.68 bits per heavy atom. The molecular weight excluding hydrogens is 458 g/mol. The number of rotatable bonds is 4. The lowest BCUT2D eigenvalue weighted by atomic mass is 9.79. The number of cyclic esters (lactones) is 1. The smallest absolute Gasteiger partial charge is 0.340 e. The third-order valence-corrected chi connectivity index (χ3v) is 7.63. The second-order valence-corrected chi connectivity index (χ2v) is 9.46. The molecular formula is C32H25N3O2. The van der Waals surface area contributed by atoms with Crippen LogP contribution in [0.5, 0.6) is 0 Å². The lowest BCUT2D eigenvalue weighted by molar-refractivity contribution is 0.0240. The van der Waals surface area contributed by atoms with Crippen molar-refractivity contribution in [3.05, 3.63) is 131 Å². The fraction of sp³-hybridized carbons (Fsp3) is 0.125. The normalized spacial score (nSPS) is 16.9. The average Bonchev–Trinajstić information content (AvgIpc) is 3.57. The summed E-state index contributed by atoms with van der Waals surface area (Å²) in [5.41, 5.74) is 7.11. The van der Waals surface area contributed by atoms with E-state index in [1.54, 1.807) is 6.20 Å². The number of hydrogen-bond donors (Lipinski definition) is 0. The molecule has 37 heavy (non-hydrogen) atoms. The highest BCUT2D eigenvalue weighted by molar-refractivity contribution is 5.99. The monoisotopic (exact) mass is 483 g/mol. The molecule has 0 spiro atoms. The van der Waals surface area contributed by atoms with Crippen LogP contribution < -0.4 is 0 Å². The van der Waals surface area contributed by atoms with Gasteiger partial charge in [0.15, 0.2) is 0 Å². The largest absolute Gasteiger partial charge is 0.439 e. The molecule has 5 heterocycles. The minimum absolute atomic E-state index is 0.318. The first-order valence-electron chi connectivity index (χ1n) is 12.6. The first-order valence-corrected chi connectivity index (χ1v) is 12.6. The quantitative estimate of drug-likeness (QED) is 0.261. The maximum absolute atomic E-state index is 13.6. The Kier molecular flexibility index (Phi) is 4.64. The third-order valence-electron chi connectivity index (χ3n) is 7.63. The van der Waals surface area contributed by atoms with Crippen LogP contribution in [0.25, 0.3) is 27.7 Å². The topological polar surface area (TPSA) is 48.5 Å². The van der Waals surface area contributed by atoms with E-state index in [1.165, 1.54) is 0 Å². The number of aryl methyl sites for hydroxylation is 1. The maximum atomic E-state index is 13.6. The molecule has 0 N–H and O–H groups in total. The molecule has 5 heteroatoms. The van der Waals surface area contributed by atoms with Crippen molar-refractivity contribution in [2.24, 2.45) is 0 Å². The zero-order chi connectivity index (χ0) is 25.1. The summed E-state index contributed by atoms with van der Waals surface area (Å²) in [6.07, 6.45) is 3.85. The summed E-state index contributed by atoms with van der Waals surface area (Å²) in [7, 11) is 0. The van der Waals surface area contributed by atoms with Gasteiger partial charge in [0.25, 0.3) is 0 Å². The van der Waals surface area contributed by atoms with E-state index in [0.29, 0.717) is 5.56 Å². The number of benzene rings is 2. The lowest BCUT2D eigenvalue weighted by Crippen LogP contribution is -2.32. The van der Waals surface area contributed by atoms with Crippen molar-refractivity contribution in [2.75, 3.05) is 0 Å². The van der Waals surface area contributed by atoms with Crippen LogP contribution >= 0.6 is 0 Å². The van der Waals surface area contributed by atoms with Gasteiger partial charge in [-0.05, 0) is 56.3 Å². The number of ether oxygens (including phenoxy) is 1. The van der Waals surface area contributed by atoms with Gasteiger partial charge in [0.1, 0.15) is 0 Å².